The van der Waals surface area contributed by atoms with E-state index in [9.17, 15) is 9.59 Å². The molecule has 2 N–H and O–H groups in total. The minimum absolute atomic E-state index is 0. The fourth-order valence-corrected chi connectivity index (χ4v) is 4.05. The number of amides is 1. The van der Waals surface area contributed by atoms with Crippen LogP contribution < -0.4 is 15.4 Å². The van der Waals surface area contributed by atoms with E-state index in [0.29, 0.717) is 38.0 Å². The summed E-state index contributed by atoms with van der Waals surface area (Å²) in [7, 11) is 1.39. The molecule has 2 fully saturated rings. The van der Waals surface area contributed by atoms with Crippen LogP contribution in [-0.4, -0.2) is 37.7 Å². The molecule has 3 atom stereocenters. The molecule has 1 heterocycles. The Morgan fingerprint density at radius 2 is 1.93 bits per heavy atom. The first-order valence-corrected chi connectivity index (χ1v) is 9.98. The molecule has 28 heavy (non-hydrogen) atoms. The monoisotopic (exact) mass is 410 g/mol. The van der Waals surface area contributed by atoms with Gasteiger partial charge in [0.1, 0.15) is 5.75 Å². The molecule has 7 heteroatoms. The number of ether oxygens (including phenoxy) is 2. The maximum atomic E-state index is 12.4. The van der Waals surface area contributed by atoms with Crippen molar-refractivity contribution in [3.8, 4) is 5.75 Å². The van der Waals surface area contributed by atoms with Crippen molar-refractivity contribution in [2.24, 2.45) is 5.92 Å². The maximum Gasteiger partial charge on any atom is 0.305 e. The molecule has 156 valence electrons. The molecule has 0 bridgehead atoms. The lowest BCUT2D eigenvalue weighted by Crippen LogP contribution is -2.42. The molecule has 1 aromatic rings. The molecular weight excluding hydrogens is 380 g/mol. The Balaban J connectivity index is 0.00000280. The minimum Gasteiger partial charge on any atom is -0.494 e. The van der Waals surface area contributed by atoms with E-state index in [1.54, 1.807) is 0 Å². The lowest BCUT2D eigenvalue weighted by atomic mass is 9.85. The average molecular weight is 411 g/mol. The van der Waals surface area contributed by atoms with Crippen LogP contribution in [0.1, 0.15) is 50.5 Å². The van der Waals surface area contributed by atoms with Gasteiger partial charge in [-0.3, -0.25) is 9.59 Å². The molecule has 0 radical (unpaired) electrons. The zero-order chi connectivity index (χ0) is 19.1. The second-order valence-corrected chi connectivity index (χ2v) is 7.50. The number of hydrogen-bond acceptors (Lipinski definition) is 5. The molecule has 0 spiro atoms. The first kappa shape index (κ1) is 22.5. The van der Waals surface area contributed by atoms with Gasteiger partial charge >= 0.3 is 5.97 Å². The van der Waals surface area contributed by atoms with Crippen molar-refractivity contribution in [1.29, 1.82) is 0 Å². The van der Waals surface area contributed by atoms with Crippen LogP contribution in [-0.2, 0) is 20.9 Å². The van der Waals surface area contributed by atoms with Crippen LogP contribution in [0.15, 0.2) is 24.3 Å². The van der Waals surface area contributed by atoms with Crippen molar-refractivity contribution >= 4 is 24.3 Å². The summed E-state index contributed by atoms with van der Waals surface area (Å²) in [5.41, 5.74) is 1.04. The molecule has 1 saturated carbocycles. The van der Waals surface area contributed by atoms with E-state index in [1.807, 2.05) is 24.3 Å². The summed E-state index contributed by atoms with van der Waals surface area (Å²) in [6.45, 7) is 0.996. The summed E-state index contributed by atoms with van der Waals surface area (Å²) in [5.74, 6) is 1.31. The van der Waals surface area contributed by atoms with E-state index in [0.717, 1.165) is 17.7 Å². The van der Waals surface area contributed by atoms with Crippen molar-refractivity contribution in [3.05, 3.63) is 29.8 Å². The van der Waals surface area contributed by atoms with Gasteiger partial charge in [-0.1, -0.05) is 25.0 Å². The van der Waals surface area contributed by atoms with Gasteiger partial charge in [-0.2, -0.15) is 0 Å². The second kappa shape index (κ2) is 11.3. The lowest BCUT2D eigenvalue weighted by Gasteiger charge is -2.24. The standard InChI is InChI=1S/C21H30N2O4.ClH/c1-26-20(24)7-4-12-27-17-10-8-15(9-11-17)14-22-21(25)19-13-16-5-2-3-6-18(16)23-19;/h8-11,16,18-19,23H,2-7,12-14H2,1H3,(H,22,25);1H. The Morgan fingerprint density at radius 3 is 2.64 bits per heavy atom. The lowest BCUT2D eigenvalue weighted by molar-refractivity contribution is -0.140. The maximum absolute atomic E-state index is 12.4. The predicted molar refractivity (Wildman–Crippen MR) is 110 cm³/mol. The third-order valence-electron chi connectivity index (χ3n) is 5.59. The number of halogens is 1. The first-order valence-electron chi connectivity index (χ1n) is 9.98. The number of fused-ring (bicyclic) bond motifs is 1. The van der Waals surface area contributed by atoms with Gasteiger partial charge in [0.25, 0.3) is 0 Å². The quantitative estimate of drug-likeness (QED) is 0.509. The fourth-order valence-electron chi connectivity index (χ4n) is 4.05. The average Bonchev–Trinajstić information content (AvgIpc) is 3.14. The van der Waals surface area contributed by atoms with Crippen LogP contribution in [0.25, 0.3) is 0 Å². The van der Waals surface area contributed by atoms with Crippen LogP contribution in [0.2, 0.25) is 0 Å². The smallest absolute Gasteiger partial charge is 0.305 e. The van der Waals surface area contributed by atoms with E-state index in [4.69, 9.17) is 4.74 Å². The summed E-state index contributed by atoms with van der Waals surface area (Å²) in [5, 5.41) is 6.56. The summed E-state index contributed by atoms with van der Waals surface area (Å²) in [4.78, 5) is 23.5. The van der Waals surface area contributed by atoms with Gasteiger partial charge in [-0.05, 0) is 49.3 Å². The molecule has 0 aromatic heterocycles. The van der Waals surface area contributed by atoms with E-state index < -0.39 is 0 Å². The van der Waals surface area contributed by atoms with Gasteiger partial charge in [-0.15, -0.1) is 12.4 Å². The molecule has 1 aromatic carbocycles. The highest BCUT2D eigenvalue weighted by atomic mass is 35.5. The van der Waals surface area contributed by atoms with Gasteiger partial charge in [0.2, 0.25) is 5.91 Å². The normalized spacial score (nSPS) is 23.2. The van der Waals surface area contributed by atoms with Gasteiger partial charge < -0.3 is 20.1 Å². The first-order chi connectivity index (χ1) is 13.2. The number of rotatable bonds is 8. The van der Waals surface area contributed by atoms with Crippen LogP contribution in [0.5, 0.6) is 5.75 Å². The SMILES string of the molecule is COC(=O)CCCOc1ccc(CNC(=O)C2CC3CCCCC3N2)cc1.Cl. The number of carbonyl (C=O) groups is 2. The second-order valence-electron chi connectivity index (χ2n) is 7.50. The van der Waals surface area contributed by atoms with Crippen LogP contribution in [0.4, 0.5) is 0 Å². The van der Waals surface area contributed by atoms with Crippen molar-refractivity contribution in [3.63, 3.8) is 0 Å². The number of hydrogen-bond donors (Lipinski definition) is 2. The Labute approximate surface area is 173 Å². The molecule has 1 amide bonds. The Hall–Kier alpha value is -1.79. The van der Waals surface area contributed by atoms with Gasteiger partial charge in [0, 0.05) is 19.0 Å². The zero-order valence-electron chi connectivity index (χ0n) is 16.4. The number of benzene rings is 1. The summed E-state index contributed by atoms with van der Waals surface area (Å²) >= 11 is 0. The largest absolute Gasteiger partial charge is 0.494 e. The topological polar surface area (TPSA) is 76.7 Å². The fraction of sp³-hybridized carbons (Fsp3) is 0.619. The molecule has 6 nitrogen and oxygen atoms in total. The summed E-state index contributed by atoms with van der Waals surface area (Å²) < 4.78 is 10.2. The molecule has 2 aliphatic rings. The van der Waals surface area contributed by atoms with Crippen LogP contribution in [0, 0.1) is 5.92 Å². The third-order valence-corrected chi connectivity index (χ3v) is 5.59. The van der Waals surface area contributed by atoms with Crippen molar-refractivity contribution < 1.29 is 19.1 Å². The van der Waals surface area contributed by atoms with Crippen molar-refractivity contribution in [1.82, 2.24) is 10.6 Å². The summed E-state index contributed by atoms with van der Waals surface area (Å²) in [6, 6.07) is 8.18. The third kappa shape index (κ3) is 6.38. The van der Waals surface area contributed by atoms with E-state index >= 15 is 0 Å². The highest BCUT2D eigenvalue weighted by molar-refractivity contribution is 5.85. The Kier molecular flexibility index (Phi) is 9.06. The van der Waals surface area contributed by atoms with Crippen molar-refractivity contribution in [2.75, 3.05) is 13.7 Å². The highest BCUT2D eigenvalue weighted by Gasteiger charge is 2.37. The number of carbonyl (C=O) groups excluding carboxylic acids is 2. The molecule has 1 saturated heterocycles. The van der Waals surface area contributed by atoms with Crippen LogP contribution >= 0.6 is 12.4 Å². The molecule has 3 rings (SSSR count). The van der Waals surface area contributed by atoms with E-state index in [1.165, 1.54) is 32.8 Å². The molecule has 1 aliphatic heterocycles. The summed E-state index contributed by atoms with van der Waals surface area (Å²) in [6.07, 6.45) is 6.99. The van der Waals surface area contributed by atoms with Gasteiger partial charge in [0.05, 0.1) is 19.8 Å². The van der Waals surface area contributed by atoms with Gasteiger partial charge in [-0.25, -0.2) is 0 Å². The van der Waals surface area contributed by atoms with Crippen LogP contribution in [0.3, 0.4) is 0 Å². The predicted octanol–water partition coefficient (Wildman–Crippen LogP) is 2.98. The Bertz CT molecular complexity index is 624. The number of methoxy groups -OCH3 is 1. The van der Waals surface area contributed by atoms with Crippen molar-refractivity contribution in [2.45, 2.75) is 63.6 Å². The highest BCUT2D eigenvalue weighted by Crippen LogP contribution is 2.33. The molecule has 1 aliphatic carbocycles. The minimum atomic E-state index is -0.222. The Morgan fingerprint density at radius 1 is 1.18 bits per heavy atom. The number of nitrogens with one attached hydrogen (secondary N) is 2. The molecule has 3 unspecified atom stereocenters. The van der Waals surface area contributed by atoms with E-state index in [2.05, 4.69) is 15.4 Å². The molecular formula is C21H31ClN2O4. The zero-order valence-corrected chi connectivity index (χ0v) is 17.3. The van der Waals surface area contributed by atoms with E-state index in [-0.39, 0.29) is 30.3 Å². The van der Waals surface area contributed by atoms with Gasteiger partial charge in [0.15, 0.2) is 0 Å². The number of esters is 1.